The molecule has 0 amide bonds. The molecular weight excluding hydrogens is 178 g/mol. The summed E-state index contributed by atoms with van der Waals surface area (Å²) in [7, 11) is -1.35. The van der Waals surface area contributed by atoms with Crippen LogP contribution in [0.4, 0.5) is 0 Å². The van der Waals surface area contributed by atoms with Crippen molar-refractivity contribution in [3.05, 3.63) is 18.3 Å². The molecule has 0 radical (unpaired) electrons. The van der Waals surface area contributed by atoms with Gasteiger partial charge in [-0.3, -0.25) is 4.98 Å². The molecule has 1 heterocycles. The van der Waals surface area contributed by atoms with E-state index in [4.69, 9.17) is 4.74 Å². The van der Waals surface area contributed by atoms with E-state index in [1.165, 1.54) is 0 Å². The molecule has 13 heavy (non-hydrogen) atoms. The monoisotopic (exact) mass is 195 g/mol. The van der Waals surface area contributed by atoms with E-state index in [0.29, 0.717) is 6.61 Å². The first-order valence-electron chi connectivity index (χ1n) is 4.64. The first-order chi connectivity index (χ1) is 6.05. The van der Waals surface area contributed by atoms with Crippen molar-refractivity contribution in [1.29, 1.82) is 0 Å². The van der Waals surface area contributed by atoms with Gasteiger partial charge in [0.2, 0.25) is 0 Å². The molecule has 0 aliphatic heterocycles. The summed E-state index contributed by atoms with van der Waals surface area (Å²) in [6.45, 7) is 9.54. The molecule has 0 unspecified atom stereocenters. The van der Waals surface area contributed by atoms with Gasteiger partial charge in [-0.2, -0.15) is 0 Å². The van der Waals surface area contributed by atoms with Crippen LogP contribution in [0.25, 0.3) is 0 Å². The summed E-state index contributed by atoms with van der Waals surface area (Å²) < 4.78 is 5.54. The summed E-state index contributed by atoms with van der Waals surface area (Å²) in [5.74, 6) is 0.962. The van der Waals surface area contributed by atoms with Crippen LogP contribution in [0, 0.1) is 0 Å². The van der Waals surface area contributed by atoms with Crippen LogP contribution in [0.1, 0.15) is 6.92 Å². The summed E-state index contributed by atoms with van der Waals surface area (Å²) in [5.41, 5.74) is 0. The second kappa shape index (κ2) is 3.92. The predicted molar refractivity (Wildman–Crippen MR) is 58.4 cm³/mol. The Morgan fingerprint density at radius 1 is 1.38 bits per heavy atom. The maximum Gasteiger partial charge on any atom is 0.136 e. The van der Waals surface area contributed by atoms with E-state index in [1.807, 2.05) is 25.3 Å². The number of aromatic nitrogens is 1. The minimum Gasteiger partial charge on any atom is -0.492 e. The zero-order chi connectivity index (χ0) is 9.90. The van der Waals surface area contributed by atoms with Crippen molar-refractivity contribution in [3.63, 3.8) is 0 Å². The van der Waals surface area contributed by atoms with E-state index in [0.717, 1.165) is 11.1 Å². The highest BCUT2D eigenvalue weighted by Gasteiger charge is 2.22. The van der Waals surface area contributed by atoms with E-state index < -0.39 is 8.07 Å². The van der Waals surface area contributed by atoms with Crippen LogP contribution >= 0.6 is 0 Å². The van der Waals surface area contributed by atoms with Crippen molar-refractivity contribution < 1.29 is 4.74 Å². The van der Waals surface area contributed by atoms with Crippen molar-refractivity contribution in [2.45, 2.75) is 26.6 Å². The fourth-order valence-electron chi connectivity index (χ4n) is 1.23. The molecule has 72 valence electrons. The molecule has 1 aromatic rings. The molecular formula is C10H17NOSi. The zero-order valence-electron chi connectivity index (χ0n) is 8.79. The Balaban J connectivity index is 3.05. The average molecular weight is 195 g/mol. The van der Waals surface area contributed by atoms with E-state index in [9.17, 15) is 0 Å². The topological polar surface area (TPSA) is 22.1 Å². The predicted octanol–water partition coefficient (Wildman–Crippen LogP) is 2.03. The lowest BCUT2D eigenvalue weighted by Gasteiger charge is -2.18. The Morgan fingerprint density at radius 3 is 2.62 bits per heavy atom. The van der Waals surface area contributed by atoms with Gasteiger partial charge in [-0.15, -0.1) is 0 Å². The number of ether oxygens (including phenoxy) is 1. The van der Waals surface area contributed by atoms with E-state index in [-0.39, 0.29) is 0 Å². The lowest BCUT2D eigenvalue weighted by atomic mass is 10.5. The van der Waals surface area contributed by atoms with Crippen LogP contribution in [-0.2, 0) is 0 Å². The number of pyridine rings is 1. The second-order valence-electron chi connectivity index (χ2n) is 4.03. The summed E-state index contributed by atoms with van der Waals surface area (Å²) in [4.78, 5) is 4.41. The smallest absolute Gasteiger partial charge is 0.136 e. The highest BCUT2D eigenvalue weighted by molar-refractivity contribution is 6.88. The third-order valence-electron chi connectivity index (χ3n) is 1.78. The van der Waals surface area contributed by atoms with Gasteiger partial charge in [0.25, 0.3) is 0 Å². The van der Waals surface area contributed by atoms with Gasteiger partial charge in [-0.05, 0) is 19.1 Å². The van der Waals surface area contributed by atoms with Crippen molar-refractivity contribution in [2.75, 3.05) is 6.61 Å². The highest BCUT2D eigenvalue weighted by Crippen LogP contribution is 2.11. The summed E-state index contributed by atoms with van der Waals surface area (Å²) in [6.07, 6.45) is 1.84. The van der Waals surface area contributed by atoms with Gasteiger partial charge in [0.05, 0.1) is 11.9 Å². The first-order valence-corrected chi connectivity index (χ1v) is 8.14. The van der Waals surface area contributed by atoms with Gasteiger partial charge in [-0.1, -0.05) is 19.6 Å². The Bertz CT molecular complexity index is 280. The Hall–Kier alpha value is -0.833. The van der Waals surface area contributed by atoms with Crippen molar-refractivity contribution >= 4 is 13.4 Å². The van der Waals surface area contributed by atoms with Crippen molar-refractivity contribution in [1.82, 2.24) is 4.98 Å². The molecule has 0 fully saturated rings. The molecule has 0 aliphatic rings. The summed E-state index contributed by atoms with van der Waals surface area (Å²) in [6, 6.07) is 3.93. The Labute approximate surface area is 81.0 Å². The molecule has 0 spiro atoms. The van der Waals surface area contributed by atoms with E-state index in [1.54, 1.807) is 0 Å². The summed E-state index contributed by atoms with van der Waals surface area (Å²) >= 11 is 0. The third-order valence-corrected chi connectivity index (χ3v) is 3.58. The zero-order valence-corrected chi connectivity index (χ0v) is 9.79. The highest BCUT2D eigenvalue weighted by atomic mass is 28.3. The largest absolute Gasteiger partial charge is 0.492 e. The van der Waals surface area contributed by atoms with Gasteiger partial charge in [0.1, 0.15) is 13.8 Å². The van der Waals surface area contributed by atoms with Crippen molar-refractivity contribution in [2.24, 2.45) is 0 Å². The Morgan fingerprint density at radius 2 is 2.08 bits per heavy atom. The average Bonchev–Trinajstić information content (AvgIpc) is 2.04. The number of rotatable bonds is 3. The Kier molecular flexibility index (Phi) is 3.09. The lowest BCUT2D eigenvalue weighted by molar-refractivity contribution is 0.342. The number of nitrogens with zero attached hydrogens (tertiary/aromatic N) is 1. The number of hydrogen-bond acceptors (Lipinski definition) is 2. The molecule has 3 heteroatoms. The van der Waals surface area contributed by atoms with Crippen LogP contribution in [-0.4, -0.2) is 19.7 Å². The molecule has 0 aliphatic carbocycles. The number of hydrogen-bond donors (Lipinski definition) is 0. The fraction of sp³-hybridized carbons (Fsp3) is 0.500. The minimum atomic E-state index is -1.35. The summed E-state index contributed by atoms with van der Waals surface area (Å²) in [5, 5.41) is 1.16. The molecule has 0 saturated carbocycles. The molecule has 0 saturated heterocycles. The lowest BCUT2D eigenvalue weighted by Crippen LogP contribution is -2.40. The van der Waals surface area contributed by atoms with Gasteiger partial charge >= 0.3 is 0 Å². The van der Waals surface area contributed by atoms with Gasteiger partial charge in [0, 0.05) is 6.20 Å². The van der Waals surface area contributed by atoms with Crippen LogP contribution < -0.4 is 10.1 Å². The molecule has 0 atom stereocenters. The maximum absolute atomic E-state index is 5.54. The molecule has 1 rings (SSSR count). The molecule has 0 aromatic carbocycles. The quantitative estimate of drug-likeness (QED) is 0.688. The fourth-order valence-corrected chi connectivity index (χ4v) is 2.58. The molecule has 0 bridgehead atoms. The van der Waals surface area contributed by atoms with Crippen LogP contribution in [0.15, 0.2) is 18.3 Å². The minimum absolute atomic E-state index is 0.711. The van der Waals surface area contributed by atoms with Crippen LogP contribution in [0.3, 0.4) is 0 Å². The SMILES string of the molecule is CCOc1cccnc1[Si](C)(C)C. The molecule has 0 N–H and O–H groups in total. The molecule has 1 aromatic heterocycles. The van der Waals surface area contributed by atoms with Crippen molar-refractivity contribution in [3.8, 4) is 5.75 Å². The standard InChI is InChI=1S/C10H17NOSi/c1-5-12-9-7-6-8-11-10(9)13(2,3)4/h6-8H,5H2,1-4H3. The van der Waals surface area contributed by atoms with Gasteiger partial charge in [0.15, 0.2) is 0 Å². The van der Waals surface area contributed by atoms with Crippen LogP contribution in [0.5, 0.6) is 5.75 Å². The van der Waals surface area contributed by atoms with Gasteiger partial charge < -0.3 is 4.74 Å². The normalized spacial score (nSPS) is 11.4. The maximum atomic E-state index is 5.54. The third kappa shape index (κ3) is 2.55. The second-order valence-corrected chi connectivity index (χ2v) is 9.01. The van der Waals surface area contributed by atoms with Gasteiger partial charge in [-0.25, -0.2) is 0 Å². The van der Waals surface area contributed by atoms with E-state index >= 15 is 0 Å². The van der Waals surface area contributed by atoms with E-state index in [2.05, 4.69) is 24.6 Å². The molecule has 2 nitrogen and oxygen atoms in total. The first kappa shape index (κ1) is 10.2. The van der Waals surface area contributed by atoms with Crippen LogP contribution in [0.2, 0.25) is 19.6 Å².